The molecule has 2 rings (SSSR count). The van der Waals surface area contributed by atoms with Crippen molar-refractivity contribution in [3.05, 3.63) is 58.6 Å². The number of sulfonamides is 1. The summed E-state index contributed by atoms with van der Waals surface area (Å²) in [5.41, 5.74) is 1.34. The van der Waals surface area contributed by atoms with E-state index in [1.165, 1.54) is 35.2 Å². The van der Waals surface area contributed by atoms with Crippen molar-refractivity contribution in [1.82, 2.24) is 4.90 Å². The summed E-state index contributed by atoms with van der Waals surface area (Å²) in [6.07, 6.45) is 0. The normalized spacial score (nSPS) is 11.1. The van der Waals surface area contributed by atoms with Gasteiger partial charge in [0.1, 0.15) is 0 Å². The van der Waals surface area contributed by atoms with Crippen molar-refractivity contribution in [1.29, 1.82) is 0 Å². The van der Waals surface area contributed by atoms with E-state index in [0.29, 0.717) is 5.02 Å². The van der Waals surface area contributed by atoms with E-state index in [-0.39, 0.29) is 22.1 Å². The van der Waals surface area contributed by atoms with E-state index in [0.717, 1.165) is 5.56 Å². The molecule has 0 aliphatic carbocycles. The number of anilines is 1. The van der Waals surface area contributed by atoms with Crippen LogP contribution in [0.4, 0.5) is 5.69 Å². The predicted octanol–water partition coefficient (Wildman–Crippen LogP) is 3.15. The molecular formula is C16H17ClN2O3S. The van der Waals surface area contributed by atoms with E-state index >= 15 is 0 Å². The third kappa shape index (κ3) is 4.03. The molecule has 0 saturated carbocycles. The average Bonchev–Trinajstić information content (AvgIpc) is 2.48. The van der Waals surface area contributed by atoms with Crippen LogP contribution in [0, 0.1) is 6.92 Å². The number of carbonyl (C=O) groups is 1. The molecule has 5 nitrogen and oxygen atoms in total. The zero-order chi connectivity index (χ0) is 17.2. The van der Waals surface area contributed by atoms with Gasteiger partial charge in [-0.15, -0.1) is 0 Å². The van der Waals surface area contributed by atoms with Gasteiger partial charge >= 0.3 is 0 Å². The highest BCUT2D eigenvalue weighted by Gasteiger charge is 2.20. The largest absolute Gasteiger partial charge is 0.345 e. The highest BCUT2D eigenvalue weighted by Crippen LogP contribution is 2.24. The summed E-state index contributed by atoms with van der Waals surface area (Å²) in [6, 6.07) is 10.9. The summed E-state index contributed by atoms with van der Waals surface area (Å²) in [4.78, 5) is 13.7. The van der Waals surface area contributed by atoms with Gasteiger partial charge in [-0.05, 0) is 37.3 Å². The molecule has 0 atom stereocenters. The highest BCUT2D eigenvalue weighted by molar-refractivity contribution is 7.92. The number of nitrogens with one attached hydrogen (secondary N) is 1. The minimum absolute atomic E-state index is 0.126. The maximum Gasteiger partial charge on any atom is 0.261 e. The minimum Gasteiger partial charge on any atom is -0.345 e. The number of carbonyl (C=O) groups excluding carboxylic acids is 1. The summed E-state index contributed by atoms with van der Waals surface area (Å²) in [5, 5.41) is 0.355. The number of halogens is 1. The fourth-order valence-corrected chi connectivity index (χ4v) is 3.20. The molecule has 0 bridgehead atoms. The molecule has 2 aromatic carbocycles. The molecule has 0 aliphatic heterocycles. The molecule has 0 radical (unpaired) electrons. The first-order valence-electron chi connectivity index (χ1n) is 6.81. The maximum absolute atomic E-state index is 12.5. The number of nitrogens with zero attached hydrogens (tertiary/aromatic N) is 1. The lowest BCUT2D eigenvalue weighted by molar-refractivity contribution is 0.0828. The topological polar surface area (TPSA) is 66.5 Å². The van der Waals surface area contributed by atoms with Crippen molar-refractivity contribution in [3.63, 3.8) is 0 Å². The predicted molar refractivity (Wildman–Crippen MR) is 91.5 cm³/mol. The van der Waals surface area contributed by atoms with Crippen LogP contribution in [0.3, 0.4) is 0 Å². The van der Waals surface area contributed by atoms with Gasteiger partial charge in [-0.1, -0.05) is 29.3 Å². The summed E-state index contributed by atoms with van der Waals surface area (Å²) >= 11 is 5.92. The Morgan fingerprint density at radius 3 is 2.26 bits per heavy atom. The lowest BCUT2D eigenvalue weighted by Gasteiger charge is -2.16. The van der Waals surface area contributed by atoms with Crippen LogP contribution in [0.2, 0.25) is 5.02 Å². The molecule has 1 N–H and O–H groups in total. The molecule has 1 amide bonds. The molecule has 0 unspecified atom stereocenters. The zero-order valence-corrected chi connectivity index (χ0v) is 14.6. The number of hydrogen-bond donors (Lipinski definition) is 1. The Balaban J connectivity index is 2.43. The Hall–Kier alpha value is -2.05. The fraction of sp³-hybridized carbons (Fsp3) is 0.188. The average molecular weight is 353 g/mol. The fourth-order valence-electron chi connectivity index (χ4n) is 1.94. The van der Waals surface area contributed by atoms with Crippen molar-refractivity contribution >= 4 is 33.2 Å². The molecule has 0 fully saturated rings. The van der Waals surface area contributed by atoms with Crippen LogP contribution in [-0.4, -0.2) is 33.3 Å². The van der Waals surface area contributed by atoms with Crippen LogP contribution >= 0.6 is 11.6 Å². The Labute approximate surface area is 140 Å². The van der Waals surface area contributed by atoms with Crippen LogP contribution in [0.5, 0.6) is 0 Å². The van der Waals surface area contributed by atoms with Gasteiger partial charge in [0.2, 0.25) is 0 Å². The first-order valence-corrected chi connectivity index (χ1v) is 8.67. The van der Waals surface area contributed by atoms with Crippen LogP contribution in [0.15, 0.2) is 47.4 Å². The van der Waals surface area contributed by atoms with Crippen molar-refractivity contribution in [2.75, 3.05) is 18.8 Å². The quantitative estimate of drug-likeness (QED) is 0.919. The molecule has 23 heavy (non-hydrogen) atoms. The van der Waals surface area contributed by atoms with Crippen LogP contribution in [0.1, 0.15) is 15.9 Å². The lowest BCUT2D eigenvalue weighted by atomic mass is 10.1. The van der Waals surface area contributed by atoms with E-state index in [1.54, 1.807) is 26.2 Å². The number of aryl methyl sites for hydroxylation is 1. The van der Waals surface area contributed by atoms with Gasteiger partial charge in [-0.2, -0.15) is 0 Å². The van der Waals surface area contributed by atoms with Crippen molar-refractivity contribution in [2.45, 2.75) is 11.8 Å². The highest BCUT2D eigenvalue weighted by atomic mass is 35.5. The third-order valence-corrected chi connectivity index (χ3v) is 4.81. The molecule has 122 valence electrons. The maximum atomic E-state index is 12.5. The van der Waals surface area contributed by atoms with Gasteiger partial charge in [0.25, 0.3) is 15.9 Å². The Bertz CT molecular complexity index is 831. The second-order valence-corrected chi connectivity index (χ2v) is 7.43. The number of benzene rings is 2. The van der Waals surface area contributed by atoms with E-state index in [9.17, 15) is 13.2 Å². The molecule has 0 aromatic heterocycles. The minimum atomic E-state index is -3.79. The summed E-state index contributed by atoms with van der Waals surface area (Å²) in [5.74, 6) is -0.339. The van der Waals surface area contributed by atoms with E-state index in [2.05, 4.69) is 4.72 Å². The van der Waals surface area contributed by atoms with Crippen molar-refractivity contribution in [3.8, 4) is 0 Å². The van der Waals surface area contributed by atoms with Crippen LogP contribution in [0.25, 0.3) is 0 Å². The second kappa shape index (κ2) is 6.60. The summed E-state index contributed by atoms with van der Waals surface area (Å²) < 4.78 is 27.4. The number of hydrogen-bond acceptors (Lipinski definition) is 3. The van der Waals surface area contributed by atoms with Crippen LogP contribution < -0.4 is 4.72 Å². The van der Waals surface area contributed by atoms with Gasteiger partial charge in [-0.3, -0.25) is 9.52 Å². The lowest BCUT2D eigenvalue weighted by Crippen LogP contribution is -2.24. The van der Waals surface area contributed by atoms with Gasteiger partial charge < -0.3 is 4.90 Å². The number of amides is 1. The Kier molecular flexibility index (Phi) is 4.97. The SMILES string of the molecule is Cc1ccc(S(=O)(=O)Nc2ccc(Cl)cc2C(=O)N(C)C)cc1. The van der Waals surface area contributed by atoms with E-state index in [4.69, 9.17) is 11.6 Å². The Morgan fingerprint density at radius 2 is 1.70 bits per heavy atom. The van der Waals surface area contributed by atoms with E-state index in [1.807, 2.05) is 6.92 Å². The van der Waals surface area contributed by atoms with Gasteiger partial charge in [-0.25, -0.2) is 8.42 Å². The molecule has 0 heterocycles. The standard InChI is InChI=1S/C16H17ClN2O3S/c1-11-4-7-13(8-5-11)23(21,22)18-15-9-6-12(17)10-14(15)16(20)19(2)3/h4-10,18H,1-3H3. The van der Waals surface area contributed by atoms with Gasteiger partial charge in [0, 0.05) is 19.1 Å². The van der Waals surface area contributed by atoms with Crippen molar-refractivity contribution in [2.24, 2.45) is 0 Å². The second-order valence-electron chi connectivity index (χ2n) is 5.31. The third-order valence-electron chi connectivity index (χ3n) is 3.19. The van der Waals surface area contributed by atoms with Gasteiger partial charge in [0.05, 0.1) is 16.1 Å². The first-order chi connectivity index (χ1) is 10.7. The number of rotatable bonds is 4. The molecule has 0 aliphatic rings. The van der Waals surface area contributed by atoms with Crippen LogP contribution in [-0.2, 0) is 10.0 Å². The smallest absolute Gasteiger partial charge is 0.261 e. The molecule has 2 aromatic rings. The Morgan fingerprint density at radius 1 is 1.09 bits per heavy atom. The first kappa shape index (κ1) is 17.3. The molecule has 0 saturated heterocycles. The van der Waals surface area contributed by atoms with E-state index < -0.39 is 10.0 Å². The zero-order valence-electron chi connectivity index (χ0n) is 13.0. The summed E-state index contributed by atoms with van der Waals surface area (Å²) in [7, 11) is -0.619. The monoisotopic (exact) mass is 352 g/mol. The van der Waals surface area contributed by atoms with Gasteiger partial charge in [0.15, 0.2) is 0 Å². The van der Waals surface area contributed by atoms with Crippen molar-refractivity contribution < 1.29 is 13.2 Å². The molecular weight excluding hydrogens is 336 g/mol. The summed E-state index contributed by atoms with van der Waals surface area (Å²) in [6.45, 7) is 1.87. The molecule has 7 heteroatoms. The molecule has 0 spiro atoms.